The summed E-state index contributed by atoms with van der Waals surface area (Å²) in [5, 5.41) is 0. The normalized spacial score (nSPS) is 18.2. The monoisotopic (exact) mass is 375 g/mol. The fraction of sp³-hybridized carbons (Fsp3) is 0.600. The molecule has 7 nitrogen and oxygen atoms in total. The first-order valence-electron chi connectivity index (χ1n) is 9.50. The molecule has 2 heterocycles. The number of hydrogen-bond acceptors (Lipinski definition) is 5. The summed E-state index contributed by atoms with van der Waals surface area (Å²) in [6.45, 7) is 6.60. The van der Waals surface area contributed by atoms with Gasteiger partial charge in [-0.05, 0) is 24.1 Å². The fourth-order valence-electron chi connectivity index (χ4n) is 3.74. The number of amides is 2. The number of likely N-dealkylation sites (tertiary alicyclic amines) is 1. The highest BCUT2D eigenvalue weighted by molar-refractivity contribution is 5.77. The van der Waals surface area contributed by atoms with Crippen molar-refractivity contribution < 1.29 is 19.1 Å². The van der Waals surface area contributed by atoms with Gasteiger partial charge in [0.2, 0.25) is 11.8 Å². The van der Waals surface area contributed by atoms with Crippen LogP contribution in [0.3, 0.4) is 0 Å². The van der Waals surface area contributed by atoms with Gasteiger partial charge >= 0.3 is 0 Å². The van der Waals surface area contributed by atoms with Crippen molar-refractivity contribution in [2.24, 2.45) is 0 Å². The Labute approximate surface area is 160 Å². The number of aryl methyl sites for hydroxylation is 1. The first kappa shape index (κ1) is 19.5. The van der Waals surface area contributed by atoms with Gasteiger partial charge in [-0.3, -0.25) is 14.5 Å². The van der Waals surface area contributed by atoms with E-state index in [-0.39, 0.29) is 11.8 Å². The number of rotatable bonds is 6. The molecule has 2 saturated heterocycles. The largest absolute Gasteiger partial charge is 0.493 e. The van der Waals surface area contributed by atoms with Gasteiger partial charge in [0.05, 0.1) is 14.2 Å². The van der Waals surface area contributed by atoms with Gasteiger partial charge in [-0.25, -0.2) is 0 Å². The second-order valence-corrected chi connectivity index (χ2v) is 7.18. The van der Waals surface area contributed by atoms with Crippen LogP contribution in [0.25, 0.3) is 0 Å². The number of ether oxygens (including phenoxy) is 2. The number of carbonyl (C=O) groups excluding carboxylic acids is 2. The van der Waals surface area contributed by atoms with Crippen LogP contribution < -0.4 is 9.47 Å². The summed E-state index contributed by atoms with van der Waals surface area (Å²) in [5.41, 5.74) is 1.07. The quantitative estimate of drug-likeness (QED) is 0.743. The first-order chi connectivity index (χ1) is 13.0. The molecule has 0 N–H and O–H groups in total. The van der Waals surface area contributed by atoms with Crippen LogP contribution in [0.5, 0.6) is 11.5 Å². The lowest BCUT2D eigenvalue weighted by Crippen LogP contribution is -2.64. The molecule has 0 aliphatic carbocycles. The molecule has 2 aliphatic rings. The Morgan fingerprint density at radius 1 is 1.00 bits per heavy atom. The number of benzene rings is 1. The fourth-order valence-corrected chi connectivity index (χ4v) is 3.74. The van der Waals surface area contributed by atoms with E-state index in [2.05, 4.69) is 4.90 Å². The van der Waals surface area contributed by atoms with E-state index in [1.807, 2.05) is 28.0 Å². The molecule has 0 atom stereocenters. The zero-order chi connectivity index (χ0) is 19.4. The van der Waals surface area contributed by atoms with Gasteiger partial charge in [0.1, 0.15) is 0 Å². The Balaban J connectivity index is 1.41. The Morgan fingerprint density at radius 3 is 2.26 bits per heavy atom. The number of nitrogens with zero attached hydrogens (tertiary/aromatic N) is 3. The van der Waals surface area contributed by atoms with Crippen LogP contribution in [0.4, 0.5) is 0 Å². The zero-order valence-corrected chi connectivity index (χ0v) is 16.4. The van der Waals surface area contributed by atoms with Crippen molar-refractivity contribution in [2.45, 2.75) is 25.8 Å². The SMILES string of the molecule is COc1ccc(CCC(=O)N2CC(N3CCN(C(C)=O)CC3)C2)cc1OC. The Bertz CT molecular complexity index is 680. The molecule has 0 saturated carbocycles. The maximum Gasteiger partial charge on any atom is 0.223 e. The van der Waals surface area contributed by atoms with E-state index in [0.29, 0.717) is 30.4 Å². The molecule has 1 aromatic rings. The number of hydrogen-bond donors (Lipinski definition) is 0. The molecule has 0 spiro atoms. The molecule has 0 unspecified atom stereocenters. The van der Waals surface area contributed by atoms with Crippen molar-refractivity contribution in [3.8, 4) is 11.5 Å². The Morgan fingerprint density at radius 2 is 1.67 bits per heavy atom. The summed E-state index contributed by atoms with van der Waals surface area (Å²) in [4.78, 5) is 30.1. The topological polar surface area (TPSA) is 62.3 Å². The lowest BCUT2D eigenvalue weighted by molar-refractivity contribution is -0.140. The number of carbonyl (C=O) groups is 2. The van der Waals surface area contributed by atoms with Gasteiger partial charge in [-0.1, -0.05) is 6.07 Å². The standard InChI is InChI=1S/C20H29N3O4/c1-15(24)21-8-10-22(11-9-21)17-13-23(14-17)20(25)7-5-16-4-6-18(26-2)19(12-16)27-3/h4,6,12,17H,5,7-11,13-14H2,1-3H3. The zero-order valence-electron chi connectivity index (χ0n) is 16.4. The summed E-state index contributed by atoms with van der Waals surface area (Å²) in [6, 6.07) is 6.21. The molecule has 2 aliphatic heterocycles. The average Bonchev–Trinajstić information content (AvgIpc) is 2.65. The molecule has 3 rings (SSSR count). The third kappa shape index (κ3) is 4.53. The van der Waals surface area contributed by atoms with Gasteiger partial charge < -0.3 is 19.3 Å². The smallest absolute Gasteiger partial charge is 0.223 e. The summed E-state index contributed by atoms with van der Waals surface area (Å²) >= 11 is 0. The maximum absolute atomic E-state index is 12.4. The third-order valence-corrected chi connectivity index (χ3v) is 5.57. The van der Waals surface area contributed by atoms with E-state index in [0.717, 1.165) is 44.8 Å². The van der Waals surface area contributed by atoms with Crippen LogP contribution in [0, 0.1) is 0 Å². The molecule has 1 aromatic carbocycles. The Hall–Kier alpha value is -2.28. The average molecular weight is 375 g/mol. The van der Waals surface area contributed by atoms with Gasteiger partial charge in [0, 0.05) is 58.7 Å². The summed E-state index contributed by atoms with van der Waals surface area (Å²) < 4.78 is 10.6. The minimum atomic E-state index is 0.148. The van der Waals surface area contributed by atoms with E-state index in [1.54, 1.807) is 21.1 Å². The van der Waals surface area contributed by atoms with E-state index in [4.69, 9.17) is 9.47 Å². The molecule has 0 bridgehead atoms. The lowest BCUT2D eigenvalue weighted by atomic mass is 10.0. The highest BCUT2D eigenvalue weighted by Crippen LogP contribution is 2.28. The van der Waals surface area contributed by atoms with Crippen molar-refractivity contribution in [3.63, 3.8) is 0 Å². The van der Waals surface area contributed by atoms with Crippen LogP contribution in [0.2, 0.25) is 0 Å². The minimum Gasteiger partial charge on any atom is -0.493 e. The summed E-state index contributed by atoms with van der Waals surface area (Å²) in [5.74, 6) is 1.73. The molecule has 0 aromatic heterocycles. The van der Waals surface area contributed by atoms with E-state index in [1.165, 1.54) is 0 Å². The van der Waals surface area contributed by atoms with Crippen LogP contribution >= 0.6 is 0 Å². The third-order valence-electron chi connectivity index (χ3n) is 5.57. The van der Waals surface area contributed by atoms with Crippen LogP contribution in [0.15, 0.2) is 18.2 Å². The van der Waals surface area contributed by atoms with Gasteiger partial charge in [-0.2, -0.15) is 0 Å². The van der Waals surface area contributed by atoms with E-state index in [9.17, 15) is 9.59 Å². The van der Waals surface area contributed by atoms with Crippen molar-refractivity contribution in [1.29, 1.82) is 0 Å². The summed E-state index contributed by atoms with van der Waals surface area (Å²) in [6.07, 6.45) is 1.19. The minimum absolute atomic E-state index is 0.148. The first-order valence-corrected chi connectivity index (χ1v) is 9.50. The molecule has 7 heteroatoms. The maximum atomic E-state index is 12.4. The molecule has 148 valence electrons. The summed E-state index contributed by atoms with van der Waals surface area (Å²) in [7, 11) is 3.23. The molecule has 2 fully saturated rings. The highest BCUT2D eigenvalue weighted by atomic mass is 16.5. The Kier molecular flexibility index (Phi) is 6.21. The lowest BCUT2D eigenvalue weighted by Gasteiger charge is -2.48. The second-order valence-electron chi connectivity index (χ2n) is 7.18. The van der Waals surface area contributed by atoms with Crippen molar-refractivity contribution >= 4 is 11.8 Å². The van der Waals surface area contributed by atoms with Crippen LogP contribution in [0.1, 0.15) is 18.9 Å². The van der Waals surface area contributed by atoms with Gasteiger partial charge in [-0.15, -0.1) is 0 Å². The predicted octanol–water partition coefficient (Wildman–Crippen LogP) is 1.01. The van der Waals surface area contributed by atoms with Gasteiger partial charge in [0.15, 0.2) is 11.5 Å². The molecule has 0 radical (unpaired) electrons. The molecular weight excluding hydrogens is 346 g/mol. The van der Waals surface area contributed by atoms with Crippen LogP contribution in [-0.2, 0) is 16.0 Å². The predicted molar refractivity (Wildman–Crippen MR) is 102 cm³/mol. The number of piperazine rings is 1. The highest BCUT2D eigenvalue weighted by Gasteiger charge is 2.35. The van der Waals surface area contributed by atoms with Crippen molar-refractivity contribution in [1.82, 2.24) is 14.7 Å². The molecule has 27 heavy (non-hydrogen) atoms. The van der Waals surface area contributed by atoms with Crippen LogP contribution in [-0.4, -0.2) is 86.0 Å². The number of methoxy groups -OCH3 is 2. The molecule has 2 amide bonds. The van der Waals surface area contributed by atoms with Crippen molar-refractivity contribution in [2.75, 3.05) is 53.5 Å². The second kappa shape index (κ2) is 8.61. The molecular formula is C20H29N3O4. The van der Waals surface area contributed by atoms with E-state index >= 15 is 0 Å². The van der Waals surface area contributed by atoms with E-state index < -0.39 is 0 Å². The van der Waals surface area contributed by atoms with Gasteiger partial charge in [0.25, 0.3) is 0 Å². The van der Waals surface area contributed by atoms with Crippen molar-refractivity contribution in [3.05, 3.63) is 23.8 Å².